The van der Waals surface area contributed by atoms with Gasteiger partial charge < -0.3 is 19.6 Å². The number of aliphatic imine (C=N–C) groups is 1. The number of hydrogen-bond acceptors (Lipinski definition) is 8. The minimum Gasteiger partial charge on any atom is -0.463 e. The van der Waals surface area contributed by atoms with E-state index >= 15 is 0 Å². The van der Waals surface area contributed by atoms with Crippen molar-refractivity contribution in [1.29, 1.82) is 0 Å². The second-order valence-electron chi connectivity index (χ2n) is 7.87. The second-order valence-corrected chi connectivity index (χ2v) is 7.87. The summed E-state index contributed by atoms with van der Waals surface area (Å²) in [5, 5.41) is 0. The number of nitrogens with two attached hydrogens (primary N) is 1. The van der Waals surface area contributed by atoms with Crippen molar-refractivity contribution in [3.05, 3.63) is 29.6 Å². The average Bonchev–Trinajstić information content (AvgIpc) is 3.14. The molecule has 2 heterocycles. The zero-order chi connectivity index (χ0) is 20.3. The summed E-state index contributed by atoms with van der Waals surface area (Å²) in [4.78, 5) is 34.6. The minimum absolute atomic E-state index is 0.0418. The lowest BCUT2D eigenvalue weighted by Crippen LogP contribution is -2.44. The number of fused-ring (bicyclic) bond motifs is 1. The van der Waals surface area contributed by atoms with Crippen LogP contribution in [0, 0.1) is 11.3 Å². The summed E-state index contributed by atoms with van der Waals surface area (Å²) in [6, 6.07) is 0. The fourth-order valence-electron chi connectivity index (χ4n) is 4.00. The van der Waals surface area contributed by atoms with Crippen LogP contribution in [0.15, 0.2) is 33.3 Å². The van der Waals surface area contributed by atoms with Gasteiger partial charge in [0, 0.05) is 18.7 Å². The van der Waals surface area contributed by atoms with E-state index in [-0.39, 0.29) is 24.4 Å². The highest BCUT2D eigenvalue weighted by Gasteiger charge is 2.49. The molecule has 8 heteroatoms. The number of Topliss-reactive ketones (excluding diaryl/α,β-unsaturated/α-hetero) is 1. The molecule has 0 aromatic carbocycles. The Balaban J connectivity index is 2.13. The van der Waals surface area contributed by atoms with Gasteiger partial charge in [-0.05, 0) is 18.8 Å². The molecule has 1 aromatic rings. The molecule has 152 valence electrons. The maximum atomic E-state index is 13.1. The number of carbonyl (C=O) groups is 2. The van der Waals surface area contributed by atoms with Gasteiger partial charge in [-0.3, -0.25) is 9.79 Å². The highest BCUT2D eigenvalue weighted by Crippen LogP contribution is 2.47. The van der Waals surface area contributed by atoms with Gasteiger partial charge in [-0.2, -0.15) is 0 Å². The number of ether oxygens (including phenoxy) is 2. The van der Waals surface area contributed by atoms with Crippen molar-refractivity contribution in [3.8, 4) is 0 Å². The molecule has 2 aliphatic rings. The van der Waals surface area contributed by atoms with Gasteiger partial charge in [0.05, 0.1) is 49.1 Å². The maximum absolute atomic E-state index is 13.1. The lowest BCUT2D eigenvalue weighted by Gasteiger charge is -2.40. The molecule has 0 amide bonds. The summed E-state index contributed by atoms with van der Waals surface area (Å²) in [6.07, 6.45) is 3.91. The third kappa shape index (κ3) is 4.07. The zero-order valence-electron chi connectivity index (χ0n) is 16.6. The van der Waals surface area contributed by atoms with Crippen molar-refractivity contribution < 1.29 is 23.5 Å². The Morgan fingerprint density at radius 2 is 2.14 bits per heavy atom. The fraction of sp³-hybridized carbons (Fsp3) is 0.600. The quantitative estimate of drug-likeness (QED) is 0.560. The summed E-state index contributed by atoms with van der Waals surface area (Å²) >= 11 is 0. The second kappa shape index (κ2) is 8.36. The molecule has 0 radical (unpaired) electrons. The first-order chi connectivity index (χ1) is 13.4. The molecule has 1 saturated carbocycles. The molecular formula is C20H27N3O5. The van der Waals surface area contributed by atoms with E-state index in [0.717, 1.165) is 5.71 Å². The number of oxazole rings is 1. The maximum Gasteiger partial charge on any atom is 0.336 e. The largest absolute Gasteiger partial charge is 0.463 e. The molecule has 2 N–H and O–H groups in total. The van der Waals surface area contributed by atoms with Crippen LogP contribution in [0.3, 0.4) is 0 Å². The van der Waals surface area contributed by atoms with E-state index in [2.05, 4.69) is 4.98 Å². The van der Waals surface area contributed by atoms with Crippen molar-refractivity contribution in [3.63, 3.8) is 0 Å². The smallest absolute Gasteiger partial charge is 0.336 e. The monoisotopic (exact) mass is 389 g/mol. The number of rotatable bonds is 7. The van der Waals surface area contributed by atoms with E-state index in [1.165, 1.54) is 12.6 Å². The van der Waals surface area contributed by atoms with Crippen molar-refractivity contribution in [1.82, 2.24) is 4.98 Å². The summed E-state index contributed by atoms with van der Waals surface area (Å²) < 4.78 is 16.4. The zero-order valence-corrected chi connectivity index (χ0v) is 16.6. The van der Waals surface area contributed by atoms with Crippen molar-refractivity contribution in [2.45, 2.75) is 39.5 Å². The van der Waals surface area contributed by atoms with Crippen LogP contribution in [0.5, 0.6) is 0 Å². The number of nitrogens with zero attached hydrogens (tertiary/aromatic N) is 2. The molecule has 28 heavy (non-hydrogen) atoms. The molecule has 1 aromatic heterocycles. The molecule has 1 aliphatic carbocycles. The Bertz CT molecular complexity index is 795. The summed E-state index contributed by atoms with van der Waals surface area (Å²) in [5.41, 5.74) is 6.84. The topological polar surface area (TPSA) is 117 Å². The Morgan fingerprint density at radius 1 is 1.36 bits per heavy atom. The Hall–Kier alpha value is -2.32. The van der Waals surface area contributed by atoms with Crippen LogP contribution in [0.25, 0.3) is 0 Å². The fourth-order valence-corrected chi connectivity index (χ4v) is 4.00. The van der Waals surface area contributed by atoms with Crippen molar-refractivity contribution in [2.24, 2.45) is 22.1 Å². The first-order valence-electron chi connectivity index (χ1n) is 9.54. The van der Waals surface area contributed by atoms with Gasteiger partial charge in [0.15, 0.2) is 6.39 Å². The summed E-state index contributed by atoms with van der Waals surface area (Å²) in [7, 11) is 0. The van der Waals surface area contributed by atoms with Gasteiger partial charge in [-0.25, -0.2) is 9.78 Å². The minimum atomic E-state index is -0.617. The molecule has 0 bridgehead atoms. The Morgan fingerprint density at radius 3 is 2.79 bits per heavy atom. The first-order valence-corrected chi connectivity index (χ1v) is 9.54. The summed E-state index contributed by atoms with van der Waals surface area (Å²) in [5.74, 6) is -1.20. The van der Waals surface area contributed by atoms with Gasteiger partial charge >= 0.3 is 5.97 Å². The van der Waals surface area contributed by atoms with E-state index in [1.54, 1.807) is 6.92 Å². The molecule has 0 spiro atoms. The highest BCUT2D eigenvalue weighted by atomic mass is 16.5. The van der Waals surface area contributed by atoms with Gasteiger partial charge in [0.1, 0.15) is 11.5 Å². The van der Waals surface area contributed by atoms with Crippen LogP contribution in [0.4, 0.5) is 0 Å². The van der Waals surface area contributed by atoms with Gasteiger partial charge in [-0.1, -0.05) is 13.8 Å². The number of carbonyl (C=O) groups excluding carboxylic acids is 2. The lowest BCUT2D eigenvalue weighted by molar-refractivity contribution is -0.139. The van der Waals surface area contributed by atoms with Crippen LogP contribution in [0.1, 0.15) is 45.3 Å². The molecule has 2 unspecified atom stereocenters. The van der Waals surface area contributed by atoms with Crippen LogP contribution < -0.4 is 5.73 Å². The van der Waals surface area contributed by atoms with Crippen molar-refractivity contribution >= 4 is 17.5 Å². The predicted octanol–water partition coefficient (Wildman–Crippen LogP) is 2.01. The SMILES string of the molecule is CCOC(=O)C1=C(COCCN)N=C2CC(C)(C)CC(=O)C2C1c1cnco1. The third-order valence-corrected chi connectivity index (χ3v) is 5.01. The highest BCUT2D eigenvalue weighted by molar-refractivity contribution is 6.12. The number of ketones is 1. The lowest BCUT2D eigenvalue weighted by atomic mass is 9.64. The molecular weight excluding hydrogens is 362 g/mol. The number of esters is 1. The van der Waals surface area contributed by atoms with E-state index in [9.17, 15) is 9.59 Å². The van der Waals surface area contributed by atoms with Crippen LogP contribution in [-0.2, 0) is 19.1 Å². The van der Waals surface area contributed by atoms with E-state index < -0.39 is 17.8 Å². The van der Waals surface area contributed by atoms with E-state index in [1.807, 2.05) is 13.8 Å². The normalized spacial score (nSPS) is 24.0. The first kappa shape index (κ1) is 20.4. The van der Waals surface area contributed by atoms with Gasteiger partial charge in [0.2, 0.25) is 0 Å². The van der Waals surface area contributed by atoms with E-state index in [4.69, 9.17) is 24.6 Å². The molecule has 0 saturated heterocycles. The average molecular weight is 389 g/mol. The molecule has 1 aliphatic heterocycles. The standard InChI is InChI=1S/C20H27N3O5/c1-4-27-19(25)17-13(10-26-6-5-21)23-12-7-20(2,3)8-14(24)16(12)18(17)15-9-22-11-28-15/h9,11,16,18H,4-8,10,21H2,1-3H3. The molecule has 1 fully saturated rings. The van der Waals surface area contributed by atoms with Gasteiger partial charge in [0.25, 0.3) is 0 Å². The molecule has 8 nitrogen and oxygen atoms in total. The molecule has 2 atom stereocenters. The summed E-state index contributed by atoms with van der Waals surface area (Å²) in [6.45, 7) is 6.85. The molecule has 3 rings (SSSR count). The van der Waals surface area contributed by atoms with Crippen LogP contribution in [0.2, 0.25) is 0 Å². The number of hydrogen-bond donors (Lipinski definition) is 1. The predicted molar refractivity (Wildman–Crippen MR) is 102 cm³/mol. The Kier molecular flexibility index (Phi) is 6.10. The Labute approximate surface area is 164 Å². The third-order valence-electron chi connectivity index (χ3n) is 5.01. The van der Waals surface area contributed by atoms with Crippen LogP contribution in [-0.4, -0.2) is 48.8 Å². The van der Waals surface area contributed by atoms with Crippen molar-refractivity contribution in [2.75, 3.05) is 26.4 Å². The van der Waals surface area contributed by atoms with E-state index in [0.29, 0.717) is 43.0 Å². The van der Waals surface area contributed by atoms with Gasteiger partial charge in [-0.15, -0.1) is 0 Å². The van der Waals surface area contributed by atoms with Crippen LogP contribution >= 0.6 is 0 Å². The number of aromatic nitrogens is 1.